The predicted molar refractivity (Wildman–Crippen MR) is 100 cm³/mol. The quantitative estimate of drug-likeness (QED) is 0.571. The van der Waals surface area contributed by atoms with E-state index >= 15 is 0 Å². The predicted octanol–water partition coefficient (Wildman–Crippen LogP) is 3.04. The summed E-state index contributed by atoms with van der Waals surface area (Å²) < 4.78 is 57.8. The smallest absolute Gasteiger partial charge is 0.434 e. The fourth-order valence-electron chi connectivity index (χ4n) is 4.39. The van der Waals surface area contributed by atoms with E-state index in [0.29, 0.717) is 24.7 Å². The first-order chi connectivity index (χ1) is 15.3. The van der Waals surface area contributed by atoms with Crippen molar-refractivity contribution in [1.29, 1.82) is 0 Å². The van der Waals surface area contributed by atoms with Crippen LogP contribution in [0, 0.1) is 5.82 Å². The van der Waals surface area contributed by atoms with Crippen molar-refractivity contribution < 1.29 is 27.1 Å². The zero-order valence-corrected chi connectivity index (χ0v) is 16.4. The molecule has 4 heterocycles. The van der Waals surface area contributed by atoms with Gasteiger partial charge in [-0.25, -0.2) is 14.4 Å². The Bertz CT molecular complexity index is 1140. The van der Waals surface area contributed by atoms with Crippen molar-refractivity contribution in [1.82, 2.24) is 29.9 Å². The maximum Gasteiger partial charge on any atom is 0.434 e. The molecule has 5 rings (SSSR count). The molecule has 12 heteroatoms. The van der Waals surface area contributed by atoms with Crippen LogP contribution in [0.1, 0.15) is 35.3 Å². The van der Waals surface area contributed by atoms with Gasteiger partial charge in [0.1, 0.15) is 11.9 Å². The molecule has 3 unspecified atom stereocenters. The highest BCUT2D eigenvalue weighted by atomic mass is 19.4. The highest BCUT2D eigenvalue weighted by molar-refractivity contribution is 5.98. The summed E-state index contributed by atoms with van der Waals surface area (Å²) in [7, 11) is 0. The average molecular weight is 448 g/mol. The van der Waals surface area contributed by atoms with Gasteiger partial charge in [-0.05, 0) is 31.0 Å². The molecule has 2 aromatic heterocycles. The van der Waals surface area contributed by atoms with Crippen molar-refractivity contribution in [3.8, 4) is 11.6 Å². The minimum absolute atomic E-state index is 0.0462. The minimum atomic E-state index is -4.59. The molecular weight excluding hydrogens is 432 g/mol. The number of alkyl halides is 3. The molecule has 2 aliphatic rings. The first-order valence-electron chi connectivity index (χ1n) is 9.86. The molecule has 8 nitrogen and oxygen atoms in total. The third-order valence-electron chi connectivity index (χ3n) is 5.73. The molecule has 0 radical (unpaired) electrons. The Hall–Kier alpha value is -3.57. The zero-order chi connectivity index (χ0) is 22.5. The lowest BCUT2D eigenvalue weighted by Crippen LogP contribution is -2.39. The Labute approximate surface area is 178 Å². The maximum atomic E-state index is 14.0. The topological polar surface area (TPSA) is 86.0 Å². The van der Waals surface area contributed by atoms with Gasteiger partial charge in [-0.1, -0.05) is 0 Å². The highest BCUT2D eigenvalue weighted by Gasteiger charge is 2.50. The molecule has 2 aliphatic heterocycles. The van der Waals surface area contributed by atoms with E-state index in [1.165, 1.54) is 29.3 Å². The number of hydrogen-bond acceptors (Lipinski definition) is 6. The molecule has 0 spiro atoms. The molecule has 0 aliphatic carbocycles. The van der Waals surface area contributed by atoms with Crippen molar-refractivity contribution in [2.75, 3.05) is 0 Å². The van der Waals surface area contributed by atoms with E-state index in [9.17, 15) is 22.4 Å². The summed E-state index contributed by atoms with van der Waals surface area (Å²) in [6.07, 6.45) is 1.29. The van der Waals surface area contributed by atoms with Crippen LogP contribution in [0.25, 0.3) is 5.69 Å². The van der Waals surface area contributed by atoms with Crippen molar-refractivity contribution in [3.05, 3.63) is 60.1 Å². The third kappa shape index (κ3) is 3.55. The minimum Gasteiger partial charge on any atom is -0.471 e. The Balaban J connectivity index is 1.38. The van der Waals surface area contributed by atoms with Crippen LogP contribution in [0.15, 0.2) is 43.0 Å². The lowest BCUT2D eigenvalue weighted by molar-refractivity contribution is -0.141. The van der Waals surface area contributed by atoms with E-state index in [0.717, 1.165) is 18.7 Å². The van der Waals surface area contributed by atoms with Crippen molar-refractivity contribution in [2.24, 2.45) is 0 Å². The Morgan fingerprint density at radius 1 is 1.09 bits per heavy atom. The van der Waals surface area contributed by atoms with Crippen molar-refractivity contribution in [2.45, 2.75) is 43.6 Å². The average Bonchev–Trinajstić information content (AvgIpc) is 3.49. The van der Waals surface area contributed by atoms with Crippen LogP contribution in [0.4, 0.5) is 17.6 Å². The molecule has 3 atom stereocenters. The van der Waals surface area contributed by atoms with Gasteiger partial charge in [-0.2, -0.15) is 28.2 Å². The van der Waals surface area contributed by atoms with Gasteiger partial charge in [0.05, 0.1) is 42.1 Å². The number of fused-ring (bicyclic) bond motifs is 2. The third-order valence-corrected chi connectivity index (χ3v) is 5.73. The van der Waals surface area contributed by atoms with E-state index in [2.05, 4.69) is 20.2 Å². The summed E-state index contributed by atoms with van der Waals surface area (Å²) in [6, 6.07) is 3.35. The van der Waals surface area contributed by atoms with E-state index < -0.39 is 23.8 Å². The fraction of sp³-hybridized carbons (Fsp3) is 0.350. The van der Waals surface area contributed by atoms with Gasteiger partial charge in [0.15, 0.2) is 5.69 Å². The summed E-state index contributed by atoms with van der Waals surface area (Å²) in [4.78, 5) is 23.4. The maximum absolute atomic E-state index is 14.0. The zero-order valence-electron chi connectivity index (χ0n) is 16.4. The van der Waals surface area contributed by atoms with Gasteiger partial charge in [-0.15, -0.1) is 0 Å². The van der Waals surface area contributed by atoms with Crippen LogP contribution in [0.5, 0.6) is 5.88 Å². The van der Waals surface area contributed by atoms with Gasteiger partial charge in [0.25, 0.3) is 5.91 Å². The number of carbonyl (C=O) groups excluding carboxylic acids is 1. The number of amides is 1. The lowest BCUT2D eigenvalue weighted by atomic mass is 9.98. The van der Waals surface area contributed by atoms with Crippen molar-refractivity contribution in [3.63, 3.8) is 0 Å². The summed E-state index contributed by atoms with van der Waals surface area (Å²) in [5, 5.41) is 8.05. The van der Waals surface area contributed by atoms with Crippen LogP contribution in [-0.2, 0) is 6.18 Å². The molecule has 1 amide bonds. The number of halogens is 4. The number of nitrogens with zero attached hydrogens (tertiary/aromatic N) is 6. The second-order valence-electron chi connectivity index (χ2n) is 7.62. The normalized spacial score (nSPS) is 22.4. The monoisotopic (exact) mass is 448 g/mol. The van der Waals surface area contributed by atoms with Crippen molar-refractivity contribution >= 4 is 5.91 Å². The fourth-order valence-corrected chi connectivity index (χ4v) is 4.39. The summed E-state index contributed by atoms with van der Waals surface area (Å²) in [5.74, 6) is -0.993. The van der Waals surface area contributed by atoms with Gasteiger partial charge in [0, 0.05) is 12.5 Å². The van der Waals surface area contributed by atoms with Crippen LogP contribution in [0.2, 0.25) is 0 Å². The molecular formula is C20H16F4N6O2. The van der Waals surface area contributed by atoms with Gasteiger partial charge in [-0.3, -0.25) is 4.79 Å². The molecule has 3 aromatic rings. The SMILES string of the molecule is O=C(c1cc(F)ccc1-n1nccn1)N1C2CCC1C(Oc1cnc(C(F)(F)F)cn1)C2. The first-order valence-corrected chi connectivity index (χ1v) is 9.86. The Kier molecular flexibility index (Phi) is 4.79. The number of benzene rings is 1. The van der Waals surface area contributed by atoms with E-state index in [4.69, 9.17) is 4.74 Å². The largest absolute Gasteiger partial charge is 0.471 e. The van der Waals surface area contributed by atoms with Crippen LogP contribution in [-0.4, -0.2) is 54.0 Å². The van der Waals surface area contributed by atoms with Crippen LogP contribution < -0.4 is 4.74 Å². The van der Waals surface area contributed by atoms with E-state index in [-0.39, 0.29) is 29.4 Å². The van der Waals surface area contributed by atoms with E-state index in [1.807, 2.05) is 0 Å². The molecule has 2 bridgehead atoms. The summed E-state index contributed by atoms with van der Waals surface area (Å²) in [6.45, 7) is 0. The standard InChI is InChI=1S/C20H16F4N6O2/c21-11-1-3-14(30-27-5-6-28-30)13(7-11)19(31)29-12-2-4-15(29)16(8-12)32-18-10-25-17(9-26-18)20(22,23)24/h1,3,5-7,9-10,12,15-16H,2,4,8H2. The second kappa shape index (κ2) is 7.53. The Morgan fingerprint density at radius 3 is 2.56 bits per heavy atom. The number of ether oxygens (including phenoxy) is 1. The lowest BCUT2D eigenvalue weighted by Gasteiger charge is -2.25. The highest BCUT2D eigenvalue weighted by Crippen LogP contribution is 2.41. The van der Waals surface area contributed by atoms with Gasteiger partial charge < -0.3 is 9.64 Å². The number of aromatic nitrogens is 5. The summed E-state index contributed by atoms with van der Waals surface area (Å²) in [5.41, 5.74) is -0.646. The van der Waals surface area contributed by atoms with Gasteiger partial charge in [0.2, 0.25) is 5.88 Å². The Morgan fingerprint density at radius 2 is 1.88 bits per heavy atom. The second-order valence-corrected chi connectivity index (χ2v) is 7.62. The molecule has 2 fully saturated rings. The van der Waals surface area contributed by atoms with Gasteiger partial charge >= 0.3 is 6.18 Å². The molecule has 32 heavy (non-hydrogen) atoms. The molecule has 0 N–H and O–H groups in total. The molecule has 0 saturated carbocycles. The van der Waals surface area contributed by atoms with E-state index in [1.54, 1.807) is 4.90 Å². The van der Waals surface area contributed by atoms with Crippen LogP contribution in [0.3, 0.4) is 0 Å². The number of hydrogen-bond donors (Lipinski definition) is 0. The molecule has 2 saturated heterocycles. The number of carbonyl (C=O) groups is 1. The summed E-state index contributed by atoms with van der Waals surface area (Å²) >= 11 is 0. The van der Waals surface area contributed by atoms with Crippen LogP contribution >= 0.6 is 0 Å². The number of rotatable bonds is 4. The molecule has 1 aromatic carbocycles. The molecule has 166 valence electrons. The first kappa shape index (κ1) is 20.3.